The second-order valence-corrected chi connectivity index (χ2v) is 4.20. The number of methoxy groups -OCH3 is 1. The molecule has 1 aromatic carbocycles. The summed E-state index contributed by atoms with van der Waals surface area (Å²) in [6.45, 7) is 2.42. The van der Waals surface area contributed by atoms with E-state index in [2.05, 4.69) is 15.8 Å². The molecule has 0 aliphatic rings. The van der Waals surface area contributed by atoms with Crippen LogP contribution in [-0.2, 0) is 0 Å². The Labute approximate surface area is 122 Å². The van der Waals surface area contributed by atoms with E-state index in [1.165, 1.54) is 0 Å². The Morgan fingerprint density at radius 3 is 2.76 bits per heavy atom. The Morgan fingerprint density at radius 2 is 2.10 bits per heavy atom. The lowest BCUT2D eigenvalue weighted by molar-refractivity contribution is 0.246. The SMILES string of the molecule is COc1ccccc1OCCNC(=O)Nc1cc(C)on1. The monoisotopic (exact) mass is 291 g/mol. The van der Waals surface area contributed by atoms with Gasteiger partial charge in [0.05, 0.1) is 13.7 Å². The molecule has 2 amide bonds. The van der Waals surface area contributed by atoms with Gasteiger partial charge in [0.25, 0.3) is 0 Å². The largest absolute Gasteiger partial charge is 0.493 e. The predicted octanol–water partition coefficient (Wildman–Crippen LogP) is 2.19. The summed E-state index contributed by atoms with van der Waals surface area (Å²) in [5, 5.41) is 8.86. The molecule has 2 rings (SSSR count). The number of anilines is 1. The second-order valence-electron chi connectivity index (χ2n) is 4.20. The maximum atomic E-state index is 11.6. The Balaban J connectivity index is 1.71. The number of para-hydroxylation sites is 2. The number of hydrogen-bond donors (Lipinski definition) is 2. The van der Waals surface area contributed by atoms with Crippen molar-refractivity contribution in [3.05, 3.63) is 36.1 Å². The summed E-state index contributed by atoms with van der Waals surface area (Å²) < 4.78 is 15.5. The van der Waals surface area contributed by atoms with Crippen molar-refractivity contribution in [2.45, 2.75) is 6.92 Å². The number of aromatic nitrogens is 1. The summed E-state index contributed by atoms with van der Waals surface area (Å²) in [5.74, 6) is 2.29. The molecule has 0 aliphatic heterocycles. The van der Waals surface area contributed by atoms with Crippen LogP contribution in [-0.4, -0.2) is 31.4 Å². The molecule has 0 fully saturated rings. The standard InChI is InChI=1S/C14H17N3O4/c1-10-9-13(17-21-10)16-14(18)15-7-8-20-12-6-4-3-5-11(12)19-2/h3-6,9H,7-8H2,1-2H3,(H2,15,16,17,18). The molecule has 0 aliphatic carbocycles. The van der Waals surface area contributed by atoms with Gasteiger partial charge in [-0.05, 0) is 19.1 Å². The Hall–Kier alpha value is -2.70. The zero-order valence-corrected chi connectivity index (χ0v) is 11.9. The van der Waals surface area contributed by atoms with Crippen molar-refractivity contribution in [2.24, 2.45) is 0 Å². The smallest absolute Gasteiger partial charge is 0.320 e. The van der Waals surface area contributed by atoms with Crippen molar-refractivity contribution < 1.29 is 18.8 Å². The maximum absolute atomic E-state index is 11.6. The number of aryl methyl sites for hydroxylation is 1. The lowest BCUT2D eigenvalue weighted by atomic mass is 10.3. The average Bonchev–Trinajstić information content (AvgIpc) is 2.89. The van der Waals surface area contributed by atoms with Gasteiger partial charge in [0.15, 0.2) is 17.3 Å². The van der Waals surface area contributed by atoms with E-state index in [4.69, 9.17) is 14.0 Å². The van der Waals surface area contributed by atoms with Gasteiger partial charge in [-0.1, -0.05) is 17.3 Å². The van der Waals surface area contributed by atoms with E-state index in [0.717, 1.165) is 0 Å². The summed E-state index contributed by atoms with van der Waals surface area (Å²) >= 11 is 0. The molecule has 7 heteroatoms. The minimum Gasteiger partial charge on any atom is -0.493 e. The molecule has 1 heterocycles. The van der Waals surface area contributed by atoms with Crippen LogP contribution in [0, 0.1) is 6.92 Å². The Kier molecular flexibility index (Phi) is 5.03. The van der Waals surface area contributed by atoms with Crippen molar-refractivity contribution >= 4 is 11.8 Å². The van der Waals surface area contributed by atoms with Crippen LogP contribution in [0.25, 0.3) is 0 Å². The Morgan fingerprint density at radius 1 is 1.33 bits per heavy atom. The van der Waals surface area contributed by atoms with Gasteiger partial charge >= 0.3 is 6.03 Å². The van der Waals surface area contributed by atoms with Gasteiger partial charge in [-0.15, -0.1) is 0 Å². The fourth-order valence-electron chi connectivity index (χ4n) is 1.65. The van der Waals surface area contributed by atoms with Gasteiger partial charge in [-0.2, -0.15) is 0 Å². The van der Waals surface area contributed by atoms with Crippen LogP contribution in [0.15, 0.2) is 34.9 Å². The highest BCUT2D eigenvalue weighted by molar-refractivity contribution is 5.88. The third-order valence-corrected chi connectivity index (χ3v) is 2.58. The van der Waals surface area contributed by atoms with E-state index in [1.807, 2.05) is 18.2 Å². The van der Waals surface area contributed by atoms with Crippen LogP contribution in [0.4, 0.5) is 10.6 Å². The van der Waals surface area contributed by atoms with Crippen molar-refractivity contribution in [3.63, 3.8) is 0 Å². The number of nitrogens with zero attached hydrogens (tertiary/aromatic N) is 1. The zero-order valence-electron chi connectivity index (χ0n) is 11.9. The lowest BCUT2D eigenvalue weighted by Gasteiger charge is -2.10. The first-order valence-corrected chi connectivity index (χ1v) is 6.43. The first-order valence-electron chi connectivity index (χ1n) is 6.43. The molecule has 0 spiro atoms. The fraction of sp³-hybridized carbons (Fsp3) is 0.286. The normalized spacial score (nSPS) is 10.0. The average molecular weight is 291 g/mol. The van der Waals surface area contributed by atoms with Gasteiger partial charge in [0.2, 0.25) is 0 Å². The lowest BCUT2D eigenvalue weighted by Crippen LogP contribution is -2.32. The summed E-state index contributed by atoms with van der Waals surface area (Å²) in [5.41, 5.74) is 0. The number of amides is 2. The molecule has 0 saturated carbocycles. The molecule has 21 heavy (non-hydrogen) atoms. The number of carbonyl (C=O) groups excluding carboxylic acids is 1. The Bertz CT molecular complexity index is 597. The highest BCUT2D eigenvalue weighted by Crippen LogP contribution is 2.25. The minimum atomic E-state index is -0.369. The topological polar surface area (TPSA) is 85.6 Å². The number of nitrogens with one attached hydrogen (secondary N) is 2. The van der Waals surface area contributed by atoms with E-state index >= 15 is 0 Å². The number of hydrogen-bond acceptors (Lipinski definition) is 5. The summed E-state index contributed by atoms with van der Waals surface area (Å²) in [4.78, 5) is 11.6. The van der Waals surface area contributed by atoms with Crippen molar-refractivity contribution in [1.82, 2.24) is 10.5 Å². The van der Waals surface area contributed by atoms with Crippen molar-refractivity contribution in [2.75, 3.05) is 25.6 Å². The highest BCUT2D eigenvalue weighted by atomic mass is 16.5. The van der Waals surface area contributed by atoms with E-state index in [1.54, 1.807) is 26.2 Å². The molecule has 0 unspecified atom stereocenters. The molecule has 0 bridgehead atoms. The number of rotatable bonds is 6. The van der Waals surface area contributed by atoms with Gasteiger partial charge < -0.3 is 19.3 Å². The first-order chi connectivity index (χ1) is 10.2. The molecular formula is C14H17N3O4. The van der Waals surface area contributed by atoms with E-state index in [-0.39, 0.29) is 6.03 Å². The second kappa shape index (κ2) is 7.18. The quantitative estimate of drug-likeness (QED) is 0.797. The van der Waals surface area contributed by atoms with Gasteiger partial charge in [-0.25, -0.2) is 4.79 Å². The van der Waals surface area contributed by atoms with Gasteiger partial charge in [-0.3, -0.25) is 5.32 Å². The summed E-state index contributed by atoms with van der Waals surface area (Å²) in [6, 6.07) is 8.58. The van der Waals surface area contributed by atoms with Gasteiger partial charge in [0, 0.05) is 6.07 Å². The number of ether oxygens (including phenoxy) is 2. The molecule has 112 valence electrons. The van der Waals surface area contributed by atoms with E-state index in [0.29, 0.717) is 36.2 Å². The first kappa shape index (κ1) is 14.7. The minimum absolute atomic E-state index is 0.325. The molecule has 7 nitrogen and oxygen atoms in total. The van der Waals surface area contributed by atoms with Crippen LogP contribution in [0.2, 0.25) is 0 Å². The third kappa shape index (κ3) is 4.41. The van der Waals surface area contributed by atoms with Crippen LogP contribution in [0.5, 0.6) is 11.5 Å². The molecule has 2 N–H and O–H groups in total. The van der Waals surface area contributed by atoms with Crippen molar-refractivity contribution in [3.8, 4) is 11.5 Å². The van der Waals surface area contributed by atoms with Crippen LogP contribution in [0.1, 0.15) is 5.76 Å². The molecule has 0 saturated heterocycles. The third-order valence-electron chi connectivity index (χ3n) is 2.58. The molecule has 2 aromatic rings. The number of carbonyl (C=O) groups is 1. The van der Waals surface area contributed by atoms with Gasteiger partial charge in [0.1, 0.15) is 12.4 Å². The van der Waals surface area contributed by atoms with Crippen LogP contribution in [0.3, 0.4) is 0 Å². The molecule has 0 radical (unpaired) electrons. The highest BCUT2D eigenvalue weighted by Gasteiger charge is 2.06. The summed E-state index contributed by atoms with van der Waals surface area (Å²) in [6.07, 6.45) is 0. The van der Waals surface area contributed by atoms with Crippen LogP contribution >= 0.6 is 0 Å². The summed E-state index contributed by atoms with van der Waals surface area (Å²) in [7, 11) is 1.58. The maximum Gasteiger partial charge on any atom is 0.320 e. The zero-order chi connectivity index (χ0) is 15.1. The molecule has 1 aromatic heterocycles. The van der Waals surface area contributed by atoms with Crippen LogP contribution < -0.4 is 20.1 Å². The fourth-order valence-corrected chi connectivity index (χ4v) is 1.65. The molecule has 0 atom stereocenters. The van der Waals surface area contributed by atoms with E-state index < -0.39 is 0 Å². The molecular weight excluding hydrogens is 274 g/mol. The number of urea groups is 1. The van der Waals surface area contributed by atoms with E-state index in [9.17, 15) is 4.79 Å². The van der Waals surface area contributed by atoms with Crippen molar-refractivity contribution in [1.29, 1.82) is 0 Å². The predicted molar refractivity (Wildman–Crippen MR) is 76.8 cm³/mol. The number of benzene rings is 1.